The summed E-state index contributed by atoms with van der Waals surface area (Å²) in [5, 5.41) is 5.16. The van der Waals surface area contributed by atoms with Crippen molar-refractivity contribution in [2.45, 2.75) is 76.7 Å². The first-order chi connectivity index (χ1) is 22.4. The fraction of sp³-hybridized carbons (Fsp3) is 0.353. The van der Waals surface area contributed by atoms with Gasteiger partial charge >= 0.3 is 0 Å². The summed E-state index contributed by atoms with van der Waals surface area (Å²) >= 11 is 12.4. The smallest absolute Gasteiger partial charge is 0.257 e. The van der Waals surface area contributed by atoms with Gasteiger partial charge in [-0.15, -0.1) is 0 Å². The number of piperidine rings is 1. The second-order valence-corrected chi connectivity index (χ2v) is 13.6. The fourth-order valence-electron chi connectivity index (χ4n) is 5.99. The molecule has 0 aliphatic carbocycles. The largest absolute Gasteiger partial charge is 0.489 e. The van der Waals surface area contributed by atoms with Crippen LogP contribution in [0.1, 0.15) is 57.2 Å². The van der Waals surface area contributed by atoms with Crippen LogP contribution in [0.15, 0.2) is 48.5 Å². The van der Waals surface area contributed by atoms with Gasteiger partial charge in [0.1, 0.15) is 18.4 Å². The molecule has 0 bridgehead atoms. The van der Waals surface area contributed by atoms with Gasteiger partial charge in [0.2, 0.25) is 11.7 Å². The van der Waals surface area contributed by atoms with Crippen LogP contribution in [0.2, 0.25) is 10.0 Å². The molecule has 1 heterocycles. The normalized spacial score (nSPS) is 16.9. The minimum Gasteiger partial charge on any atom is -0.489 e. The van der Waals surface area contributed by atoms with Gasteiger partial charge < -0.3 is 15.8 Å². The van der Waals surface area contributed by atoms with Crippen LogP contribution in [0.3, 0.4) is 0 Å². The van der Waals surface area contributed by atoms with Gasteiger partial charge in [0.25, 0.3) is 5.91 Å². The zero-order chi connectivity index (χ0) is 35.6. The van der Waals surface area contributed by atoms with Gasteiger partial charge in [-0.2, -0.15) is 0 Å². The zero-order valence-electron chi connectivity index (χ0n) is 26.6. The van der Waals surface area contributed by atoms with Crippen LogP contribution in [0.5, 0.6) is 5.75 Å². The summed E-state index contributed by atoms with van der Waals surface area (Å²) in [6, 6.07) is 10.4. The third-order valence-corrected chi connectivity index (χ3v) is 8.75. The van der Waals surface area contributed by atoms with E-state index < -0.39 is 63.6 Å². The molecule has 0 radical (unpaired) electrons. The van der Waals surface area contributed by atoms with E-state index in [1.165, 1.54) is 0 Å². The third-order valence-electron chi connectivity index (χ3n) is 8.04. The van der Waals surface area contributed by atoms with Gasteiger partial charge in [0.05, 0.1) is 5.56 Å². The summed E-state index contributed by atoms with van der Waals surface area (Å²) in [6.07, 6.45) is 2.14. The molecular formula is C34H35Cl2F5N4O3. The fourth-order valence-corrected chi connectivity index (χ4v) is 6.49. The van der Waals surface area contributed by atoms with Crippen molar-refractivity contribution in [3.8, 4) is 5.75 Å². The molecule has 258 valence electrons. The van der Waals surface area contributed by atoms with Crippen molar-refractivity contribution >= 4 is 41.1 Å². The Morgan fingerprint density at radius 2 is 1.44 bits per heavy atom. The van der Waals surface area contributed by atoms with Gasteiger partial charge in [-0.05, 0) is 76.4 Å². The highest BCUT2D eigenvalue weighted by Gasteiger charge is 2.46. The van der Waals surface area contributed by atoms with Crippen LogP contribution in [-0.4, -0.2) is 40.0 Å². The van der Waals surface area contributed by atoms with E-state index in [-0.39, 0.29) is 19.1 Å². The Hall–Kier alpha value is -3.71. The summed E-state index contributed by atoms with van der Waals surface area (Å²) in [4.78, 5) is 26.7. The maximum absolute atomic E-state index is 14.2. The van der Waals surface area contributed by atoms with Crippen molar-refractivity contribution in [2.24, 2.45) is 5.73 Å². The van der Waals surface area contributed by atoms with E-state index >= 15 is 0 Å². The predicted octanol–water partition coefficient (Wildman–Crippen LogP) is 7.02. The first-order valence-corrected chi connectivity index (χ1v) is 15.7. The van der Waals surface area contributed by atoms with Crippen molar-refractivity contribution < 1.29 is 36.3 Å². The molecule has 1 atom stereocenters. The second kappa shape index (κ2) is 14.8. The number of amides is 2. The highest BCUT2D eigenvalue weighted by atomic mass is 35.5. The lowest BCUT2D eigenvalue weighted by Crippen LogP contribution is -2.70. The highest BCUT2D eigenvalue weighted by molar-refractivity contribution is 6.35. The molecule has 1 aliphatic rings. The number of ether oxygens (including phenoxy) is 1. The predicted molar refractivity (Wildman–Crippen MR) is 173 cm³/mol. The molecule has 14 heteroatoms. The molecule has 1 aliphatic heterocycles. The Morgan fingerprint density at radius 1 is 0.917 bits per heavy atom. The Bertz CT molecular complexity index is 1650. The van der Waals surface area contributed by atoms with Crippen molar-refractivity contribution in [3.05, 3.63) is 104 Å². The average molecular weight is 714 g/mol. The van der Waals surface area contributed by atoms with Crippen molar-refractivity contribution in [1.29, 1.82) is 0 Å². The molecule has 1 fully saturated rings. The standard InChI is InChI=1S/C34H35Cl2F5N4O3/c1-33(2)15-19(42)16-34(3,4)45(33)44-32(47)25(43-26(46)13-12-21-27(37)29(39)31(41)30(40)28(21)38)14-18-8-10-20(11-9-18)48-17-22-23(35)6-5-7-24(22)36/h5-13,19,25H,14-17,42H2,1-4H3,(H,43,46)(H,44,47)/t25-/m0/s1. The first kappa shape index (κ1) is 37.1. The lowest BCUT2D eigenvalue weighted by molar-refractivity contribution is -0.143. The number of carbonyl (C=O) groups is 2. The molecule has 0 spiro atoms. The van der Waals surface area contributed by atoms with E-state index in [0.29, 0.717) is 51.9 Å². The summed E-state index contributed by atoms with van der Waals surface area (Å²) in [6.45, 7) is 7.78. The molecule has 48 heavy (non-hydrogen) atoms. The molecule has 0 saturated carbocycles. The topological polar surface area (TPSA) is 96.7 Å². The van der Waals surface area contributed by atoms with Gasteiger partial charge in [-0.25, -0.2) is 27.0 Å². The first-order valence-electron chi connectivity index (χ1n) is 14.9. The van der Waals surface area contributed by atoms with Crippen LogP contribution in [0.4, 0.5) is 22.0 Å². The lowest BCUT2D eigenvalue weighted by atomic mass is 9.79. The van der Waals surface area contributed by atoms with E-state index in [0.717, 1.165) is 0 Å². The second-order valence-electron chi connectivity index (χ2n) is 12.8. The summed E-state index contributed by atoms with van der Waals surface area (Å²) in [5.41, 5.74) is 7.94. The number of carbonyl (C=O) groups excluding carboxylic acids is 2. The van der Waals surface area contributed by atoms with E-state index in [1.807, 2.05) is 27.7 Å². The molecule has 3 aromatic rings. The van der Waals surface area contributed by atoms with Crippen LogP contribution >= 0.6 is 23.2 Å². The third kappa shape index (κ3) is 8.46. The number of hydrazine groups is 1. The Balaban J connectivity index is 1.56. The lowest BCUT2D eigenvalue weighted by Gasteiger charge is -2.54. The molecule has 0 unspecified atom stereocenters. The monoisotopic (exact) mass is 712 g/mol. The summed E-state index contributed by atoms with van der Waals surface area (Å²) in [5.74, 6) is -12.0. The number of nitrogens with zero attached hydrogens (tertiary/aromatic N) is 1. The minimum absolute atomic E-state index is 0.0429. The number of halogens is 7. The van der Waals surface area contributed by atoms with E-state index in [4.69, 9.17) is 33.7 Å². The van der Waals surface area contributed by atoms with Crippen LogP contribution in [-0.2, 0) is 22.6 Å². The van der Waals surface area contributed by atoms with Crippen molar-refractivity contribution in [1.82, 2.24) is 15.8 Å². The highest BCUT2D eigenvalue weighted by Crippen LogP contribution is 2.36. The number of benzene rings is 3. The van der Waals surface area contributed by atoms with E-state index in [2.05, 4.69) is 10.7 Å². The number of nitrogens with two attached hydrogens (primary N) is 1. The number of hydrogen-bond acceptors (Lipinski definition) is 5. The number of nitrogens with one attached hydrogen (secondary N) is 2. The Labute approximate surface area is 285 Å². The average Bonchev–Trinajstić information content (AvgIpc) is 3.00. The van der Waals surface area contributed by atoms with Crippen LogP contribution in [0.25, 0.3) is 6.08 Å². The molecule has 2 amide bonds. The molecule has 4 rings (SSSR count). The van der Waals surface area contributed by atoms with E-state index in [1.54, 1.807) is 47.5 Å². The van der Waals surface area contributed by atoms with E-state index in [9.17, 15) is 31.5 Å². The molecule has 0 aromatic heterocycles. The van der Waals surface area contributed by atoms with Gasteiger partial charge in [0.15, 0.2) is 23.3 Å². The van der Waals surface area contributed by atoms with Crippen molar-refractivity contribution in [2.75, 3.05) is 0 Å². The zero-order valence-corrected chi connectivity index (χ0v) is 28.1. The van der Waals surface area contributed by atoms with Crippen LogP contribution in [0, 0.1) is 29.1 Å². The molecule has 1 saturated heterocycles. The SMILES string of the molecule is CC1(C)CC(N)CC(C)(C)N1NC(=O)[C@H](Cc1ccc(OCc2c(Cl)cccc2Cl)cc1)NC(=O)C=Cc1c(F)c(F)c(F)c(F)c1F. The molecule has 7 nitrogen and oxygen atoms in total. The minimum atomic E-state index is -2.32. The van der Waals surface area contributed by atoms with Gasteiger partial charge in [0, 0.05) is 45.2 Å². The Kier molecular flexibility index (Phi) is 11.5. The molecule has 4 N–H and O–H groups in total. The number of rotatable bonds is 10. The summed E-state index contributed by atoms with van der Waals surface area (Å²) in [7, 11) is 0. The van der Waals surface area contributed by atoms with Crippen molar-refractivity contribution in [3.63, 3.8) is 0 Å². The maximum Gasteiger partial charge on any atom is 0.257 e. The van der Waals surface area contributed by atoms with Crippen LogP contribution < -0.4 is 21.2 Å². The van der Waals surface area contributed by atoms with Gasteiger partial charge in [-0.1, -0.05) is 41.4 Å². The number of hydrogen-bond donors (Lipinski definition) is 3. The quantitative estimate of drug-likeness (QED) is 0.0909. The molecule has 3 aromatic carbocycles. The summed E-state index contributed by atoms with van der Waals surface area (Å²) < 4.78 is 75.0. The van der Waals surface area contributed by atoms with Gasteiger partial charge in [-0.3, -0.25) is 15.0 Å². The Morgan fingerprint density at radius 3 is 1.98 bits per heavy atom. The molecular weight excluding hydrogens is 678 g/mol. The maximum atomic E-state index is 14.2.